The number of methoxy groups -OCH3 is 2. The van der Waals surface area contributed by atoms with E-state index in [1.807, 2.05) is 35.9 Å². The number of nitrogens with zero attached hydrogens (tertiary/aromatic N) is 4. The predicted octanol–water partition coefficient (Wildman–Crippen LogP) is 4.80. The molecule has 2 aromatic carbocycles. The molecule has 39 heavy (non-hydrogen) atoms. The Labute approximate surface area is 223 Å². The highest BCUT2D eigenvalue weighted by Gasteiger charge is 2.44. The van der Waals surface area contributed by atoms with E-state index in [0.29, 0.717) is 24.2 Å². The number of hydrogen-bond donors (Lipinski definition) is 0. The first-order chi connectivity index (χ1) is 18.7. The lowest BCUT2D eigenvalue weighted by atomic mass is 9.89. The van der Waals surface area contributed by atoms with Crippen molar-refractivity contribution in [3.8, 4) is 11.4 Å². The van der Waals surface area contributed by atoms with E-state index in [-0.39, 0.29) is 24.6 Å². The molecule has 2 aliphatic heterocycles. The number of amides is 2. The van der Waals surface area contributed by atoms with E-state index >= 15 is 0 Å². The molecule has 2 saturated heterocycles. The molecule has 3 heterocycles. The van der Waals surface area contributed by atoms with Gasteiger partial charge in [0.1, 0.15) is 5.75 Å². The van der Waals surface area contributed by atoms with E-state index in [9.17, 15) is 22.8 Å². The number of aromatic nitrogens is 2. The minimum atomic E-state index is -1.59. The van der Waals surface area contributed by atoms with Crippen LogP contribution in [-0.4, -0.2) is 64.7 Å². The fraction of sp³-hybridized carbons (Fsp3) is 0.321. The molecular formula is C28H27F3N4O4. The molecule has 2 atom stereocenters. The highest BCUT2D eigenvalue weighted by atomic mass is 19.2. The number of imidazole rings is 1. The lowest BCUT2D eigenvalue weighted by Gasteiger charge is -2.49. The maximum atomic E-state index is 14.2. The van der Waals surface area contributed by atoms with E-state index in [1.54, 1.807) is 24.4 Å². The number of piperazine rings is 1. The Kier molecular flexibility index (Phi) is 7.07. The molecule has 2 fully saturated rings. The van der Waals surface area contributed by atoms with Crippen LogP contribution in [0.2, 0.25) is 0 Å². The average Bonchev–Trinajstić information content (AvgIpc) is 3.37. The number of hydrogen-bond acceptors (Lipinski definition) is 5. The highest BCUT2D eigenvalue weighted by molar-refractivity contribution is 5.99. The summed E-state index contributed by atoms with van der Waals surface area (Å²) < 4.78 is 54.3. The van der Waals surface area contributed by atoms with Gasteiger partial charge in [0, 0.05) is 24.9 Å². The van der Waals surface area contributed by atoms with E-state index in [1.165, 1.54) is 12.0 Å². The van der Waals surface area contributed by atoms with Crippen molar-refractivity contribution in [3.05, 3.63) is 82.7 Å². The van der Waals surface area contributed by atoms with Crippen LogP contribution in [0.1, 0.15) is 35.7 Å². The number of carbonyl (C=O) groups excluding carboxylic acids is 2. The van der Waals surface area contributed by atoms with Crippen LogP contribution in [0.5, 0.6) is 5.75 Å². The minimum absolute atomic E-state index is 0.0560. The zero-order valence-electron chi connectivity index (χ0n) is 21.7. The van der Waals surface area contributed by atoms with Gasteiger partial charge in [-0.2, -0.15) is 0 Å². The SMILES string of the molecule is COC(=O)N1C[C@H]2CC/C(=C\c3ccc(-n4cnc(C)c4)c(OC)c3)C(=O)N2[C@@H](c2cc(F)c(F)c(F)c2)C1. The van der Waals surface area contributed by atoms with Gasteiger partial charge in [0.05, 0.1) is 44.0 Å². The van der Waals surface area contributed by atoms with Gasteiger partial charge in [-0.15, -0.1) is 0 Å². The topological polar surface area (TPSA) is 76.9 Å². The molecule has 204 valence electrons. The average molecular weight is 541 g/mol. The van der Waals surface area contributed by atoms with Gasteiger partial charge in [-0.3, -0.25) is 4.79 Å². The van der Waals surface area contributed by atoms with Crippen molar-refractivity contribution in [1.82, 2.24) is 19.4 Å². The van der Waals surface area contributed by atoms with E-state index < -0.39 is 35.6 Å². The van der Waals surface area contributed by atoms with Gasteiger partial charge in [-0.25, -0.2) is 22.9 Å². The predicted molar refractivity (Wildman–Crippen MR) is 136 cm³/mol. The number of piperidine rings is 1. The van der Waals surface area contributed by atoms with Crippen LogP contribution in [0, 0.1) is 24.4 Å². The Morgan fingerprint density at radius 3 is 2.49 bits per heavy atom. The zero-order valence-corrected chi connectivity index (χ0v) is 21.7. The molecule has 5 rings (SSSR count). The Bertz CT molecular complexity index is 1450. The molecule has 0 aliphatic carbocycles. The molecule has 0 bridgehead atoms. The molecule has 0 spiro atoms. The standard InChI is InChI=1S/C28H27F3N4O4/c1-16-12-34(15-32-16)23-7-4-17(9-25(23)38-2)8-18-5-6-20-13-33(28(37)39-3)14-24(35(20)27(18)36)19-10-21(29)26(31)22(30)11-19/h4,7-12,15,20,24H,5-6,13-14H2,1-3H3/b18-8+/t20-,24-/m1/s1. The Hall–Kier alpha value is -4.28. The van der Waals surface area contributed by atoms with Crippen LogP contribution in [0.4, 0.5) is 18.0 Å². The van der Waals surface area contributed by atoms with Crippen molar-refractivity contribution < 1.29 is 32.2 Å². The molecule has 2 aliphatic rings. The molecule has 8 nitrogen and oxygen atoms in total. The summed E-state index contributed by atoms with van der Waals surface area (Å²) >= 11 is 0. The fourth-order valence-electron chi connectivity index (χ4n) is 5.30. The first kappa shape index (κ1) is 26.3. The Balaban J connectivity index is 1.49. The number of carbonyl (C=O) groups is 2. The van der Waals surface area contributed by atoms with E-state index in [4.69, 9.17) is 9.47 Å². The van der Waals surface area contributed by atoms with Gasteiger partial charge in [0.15, 0.2) is 17.5 Å². The molecule has 0 unspecified atom stereocenters. The number of ether oxygens (including phenoxy) is 2. The molecule has 0 radical (unpaired) electrons. The fourth-order valence-corrected chi connectivity index (χ4v) is 5.30. The van der Waals surface area contributed by atoms with Crippen LogP contribution >= 0.6 is 0 Å². The van der Waals surface area contributed by atoms with Gasteiger partial charge in [-0.1, -0.05) is 6.07 Å². The summed E-state index contributed by atoms with van der Waals surface area (Å²) in [5.41, 5.74) is 2.93. The quantitative estimate of drug-likeness (QED) is 0.351. The van der Waals surface area contributed by atoms with Gasteiger partial charge >= 0.3 is 6.09 Å². The number of fused-ring (bicyclic) bond motifs is 1. The van der Waals surface area contributed by atoms with Gasteiger partial charge in [0.25, 0.3) is 5.91 Å². The number of benzene rings is 2. The van der Waals surface area contributed by atoms with E-state index in [0.717, 1.165) is 29.1 Å². The first-order valence-electron chi connectivity index (χ1n) is 12.4. The Morgan fingerprint density at radius 1 is 1.10 bits per heavy atom. The minimum Gasteiger partial charge on any atom is -0.495 e. The van der Waals surface area contributed by atoms with Crippen LogP contribution < -0.4 is 4.74 Å². The molecule has 0 saturated carbocycles. The Morgan fingerprint density at radius 2 is 1.85 bits per heavy atom. The number of halogens is 3. The largest absolute Gasteiger partial charge is 0.495 e. The summed E-state index contributed by atoms with van der Waals surface area (Å²) in [4.78, 5) is 33.3. The lowest BCUT2D eigenvalue weighted by Crippen LogP contribution is -2.59. The number of rotatable bonds is 4. The third-order valence-electron chi connectivity index (χ3n) is 7.17. The van der Waals surface area contributed by atoms with Crippen molar-refractivity contribution in [2.45, 2.75) is 31.8 Å². The molecule has 3 aromatic rings. The van der Waals surface area contributed by atoms with Gasteiger partial charge in [0.2, 0.25) is 0 Å². The smallest absolute Gasteiger partial charge is 0.409 e. The van der Waals surface area contributed by atoms with Crippen molar-refractivity contribution in [2.75, 3.05) is 27.3 Å². The molecule has 1 aromatic heterocycles. The van der Waals surface area contributed by atoms with Crippen molar-refractivity contribution in [2.24, 2.45) is 0 Å². The summed E-state index contributed by atoms with van der Waals surface area (Å²) in [6.45, 7) is 2.04. The maximum Gasteiger partial charge on any atom is 0.409 e. The molecule has 2 amide bonds. The second-order valence-corrected chi connectivity index (χ2v) is 9.62. The summed E-state index contributed by atoms with van der Waals surface area (Å²) in [6.07, 6.45) is 5.65. The molecule has 11 heteroatoms. The monoisotopic (exact) mass is 540 g/mol. The van der Waals surface area contributed by atoms with Crippen molar-refractivity contribution in [3.63, 3.8) is 0 Å². The zero-order chi connectivity index (χ0) is 27.8. The second kappa shape index (κ2) is 10.5. The second-order valence-electron chi connectivity index (χ2n) is 9.62. The van der Waals surface area contributed by atoms with Crippen LogP contribution in [0.15, 0.2) is 48.4 Å². The van der Waals surface area contributed by atoms with Gasteiger partial charge in [-0.05, 0) is 61.2 Å². The van der Waals surface area contributed by atoms with Crippen molar-refractivity contribution >= 4 is 18.1 Å². The summed E-state index contributed by atoms with van der Waals surface area (Å²) in [5, 5.41) is 0. The molecule has 0 N–H and O–H groups in total. The maximum absolute atomic E-state index is 14.2. The third-order valence-corrected chi connectivity index (χ3v) is 7.17. The number of aryl methyl sites for hydroxylation is 1. The summed E-state index contributed by atoms with van der Waals surface area (Å²) in [7, 11) is 2.80. The highest BCUT2D eigenvalue weighted by Crippen LogP contribution is 2.38. The van der Waals surface area contributed by atoms with Crippen LogP contribution in [0.25, 0.3) is 11.8 Å². The van der Waals surface area contributed by atoms with Gasteiger partial charge < -0.3 is 23.8 Å². The van der Waals surface area contributed by atoms with Crippen molar-refractivity contribution in [1.29, 1.82) is 0 Å². The van der Waals surface area contributed by atoms with Crippen LogP contribution in [0.3, 0.4) is 0 Å². The first-order valence-corrected chi connectivity index (χ1v) is 12.4. The van der Waals surface area contributed by atoms with E-state index in [2.05, 4.69) is 4.98 Å². The summed E-state index contributed by atoms with van der Waals surface area (Å²) in [6, 6.07) is 5.96. The summed E-state index contributed by atoms with van der Waals surface area (Å²) in [5.74, 6) is -4.05. The third kappa shape index (κ3) is 4.96. The lowest BCUT2D eigenvalue weighted by molar-refractivity contribution is -0.138. The van der Waals surface area contributed by atoms with Crippen LogP contribution in [-0.2, 0) is 9.53 Å². The normalized spacial score (nSPS) is 20.3. The molecular weight excluding hydrogens is 513 g/mol.